The molecule has 1 aliphatic heterocycles. The summed E-state index contributed by atoms with van der Waals surface area (Å²) in [5.74, 6) is -0.234. The highest BCUT2D eigenvalue weighted by Gasteiger charge is 2.33. The van der Waals surface area contributed by atoms with Crippen LogP contribution in [0.1, 0.15) is 29.6 Å². The van der Waals surface area contributed by atoms with E-state index < -0.39 is 10.0 Å². The first kappa shape index (κ1) is 18.8. The lowest BCUT2D eigenvalue weighted by Gasteiger charge is -2.34. The van der Waals surface area contributed by atoms with Crippen LogP contribution in [0.3, 0.4) is 0 Å². The van der Waals surface area contributed by atoms with Gasteiger partial charge in [0.15, 0.2) is 0 Å². The number of benzene rings is 1. The average molecular weight is 394 g/mol. The monoisotopic (exact) mass is 393 g/mol. The third-order valence-electron chi connectivity index (χ3n) is 4.43. The second-order valence-electron chi connectivity index (χ2n) is 6.17. The van der Waals surface area contributed by atoms with Crippen molar-refractivity contribution >= 4 is 27.5 Å². The summed E-state index contributed by atoms with van der Waals surface area (Å²) in [6.07, 6.45) is 5.55. The van der Waals surface area contributed by atoms with E-state index in [1.54, 1.807) is 36.7 Å². The third-order valence-corrected chi connectivity index (χ3v) is 6.65. The average Bonchev–Trinajstić information content (AvgIpc) is 2.67. The van der Waals surface area contributed by atoms with Gasteiger partial charge in [-0.15, -0.1) is 0 Å². The molecule has 0 aliphatic carbocycles. The first-order chi connectivity index (χ1) is 12.5. The second-order valence-corrected chi connectivity index (χ2v) is 8.49. The highest BCUT2D eigenvalue weighted by Crippen LogP contribution is 2.26. The minimum Gasteiger partial charge on any atom is -0.350 e. The molecule has 1 atom stereocenters. The van der Waals surface area contributed by atoms with Crippen LogP contribution in [0.5, 0.6) is 0 Å². The Balaban J connectivity index is 1.73. The molecular weight excluding hydrogens is 374 g/mol. The fourth-order valence-electron chi connectivity index (χ4n) is 3.05. The number of halogens is 1. The van der Waals surface area contributed by atoms with Crippen molar-refractivity contribution in [3.63, 3.8) is 0 Å². The molecule has 0 unspecified atom stereocenters. The normalized spacial score (nSPS) is 18.4. The zero-order valence-corrected chi connectivity index (χ0v) is 15.7. The molecule has 8 heteroatoms. The Bertz CT molecular complexity index is 857. The quantitative estimate of drug-likeness (QED) is 0.847. The molecule has 6 nitrogen and oxygen atoms in total. The van der Waals surface area contributed by atoms with Crippen LogP contribution >= 0.6 is 11.6 Å². The van der Waals surface area contributed by atoms with Crippen molar-refractivity contribution < 1.29 is 13.2 Å². The number of hydrogen-bond donors (Lipinski definition) is 1. The number of amides is 1. The number of carbonyl (C=O) groups is 1. The van der Waals surface area contributed by atoms with Crippen molar-refractivity contribution in [1.29, 1.82) is 0 Å². The zero-order valence-electron chi connectivity index (χ0n) is 14.1. The maximum atomic E-state index is 13.0. The number of nitrogens with zero attached hydrogens (tertiary/aromatic N) is 2. The lowest BCUT2D eigenvalue weighted by atomic mass is 10.0. The Morgan fingerprint density at radius 3 is 2.54 bits per heavy atom. The summed E-state index contributed by atoms with van der Waals surface area (Å²) in [4.78, 5) is 16.3. The van der Waals surface area contributed by atoms with E-state index in [2.05, 4.69) is 10.3 Å². The lowest BCUT2D eigenvalue weighted by molar-refractivity contribution is 0.0939. The summed E-state index contributed by atoms with van der Waals surface area (Å²) >= 11 is 5.86. The fourth-order valence-corrected chi connectivity index (χ4v) is 4.87. The van der Waals surface area contributed by atoms with Crippen molar-refractivity contribution in [2.45, 2.75) is 30.2 Å². The van der Waals surface area contributed by atoms with Crippen LogP contribution in [0, 0.1) is 0 Å². The second kappa shape index (κ2) is 8.16. The molecule has 3 rings (SSSR count). The van der Waals surface area contributed by atoms with E-state index in [0.29, 0.717) is 23.6 Å². The molecule has 1 aliphatic rings. The highest BCUT2D eigenvalue weighted by molar-refractivity contribution is 7.89. The molecule has 1 aromatic heterocycles. The highest BCUT2D eigenvalue weighted by atomic mass is 35.5. The number of aromatic nitrogens is 1. The van der Waals surface area contributed by atoms with Crippen LogP contribution in [0.2, 0.25) is 5.02 Å². The molecule has 138 valence electrons. The first-order valence-electron chi connectivity index (χ1n) is 8.44. The van der Waals surface area contributed by atoms with Crippen molar-refractivity contribution in [2.24, 2.45) is 0 Å². The first-order valence-corrected chi connectivity index (χ1v) is 10.3. The standard InChI is InChI=1S/C18H20ClN3O3S/c19-15-4-6-17(7-5-15)26(24,25)22-12-2-1-3-16(22)13-21-18(23)14-8-10-20-11-9-14/h4-11,16H,1-3,12-13H2,(H,21,23)/t16-/m1/s1. The van der Waals surface area contributed by atoms with Crippen LogP contribution in [0.25, 0.3) is 0 Å². The maximum absolute atomic E-state index is 13.0. The van der Waals surface area contributed by atoms with Crippen LogP contribution < -0.4 is 5.32 Å². The summed E-state index contributed by atoms with van der Waals surface area (Å²) in [7, 11) is -3.63. The Labute approximate surface area is 158 Å². The molecule has 0 saturated carbocycles. The fraction of sp³-hybridized carbons (Fsp3) is 0.333. The van der Waals surface area contributed by atoms with Gasteiger partial charge in [0.2, 0.25) is 10.0 Å². The van der Waals surface area contributed by atoms with Gasteiger partial charge in [0, 0.05) is 42.1 Å². The third kappa shape index (κ3) is 4.23. The summed E-state index contributed by atoms with van der Waals surface area (Å²) in [6.45, 7) is 0.717. The molecule has 0 radical (unpaired) electrons. The Morgan fingerprint density at radius 1 is 1.15 bits per heavy atom. The van der Waals surface area contributed by atoms with Crippen molar-refractivity contribution in [3.05, 3.63) is 59.4 Å². The van der Waals surface area contributed by atoms with Gasteiger partial charge < -0.3 is 5.32 Å². The number of pyridine rings is 1. The van der Waals surface area contributed by atoms with Gasteiger partial charge in [0.05, 0.1) is 4.90 Å². The van der Waals surface area contributed by atoms with Gasteiger partial charge in [-0.3, -0.25) is 9.78 Å². The van der Waals surface area contributed by atoms with Gasteiger partial charge >= 0.3 is 0 Å². The molecule has 1 fully saturated rings. The maximum Gasteiger partial charge on any atom is 0.251 e. The largest absolute Gasteiger partial charge is 0.350 e. The molecule has 1 amide bonds. The van der Waals surface area contributed by atoms with Crippen molar-refractivity contribution in [2.75, 3.05) is 13.1 Å². The summed E-state index contributed by atoms with van der Waals surface area (Å²) in [6, 6.07) is 9.14. The van der Waals surface area contributed by atoms with Gasteiger partial charge in [0.25, 0.3) is 5.91 Å². The number of nitrogens with one attached hydrogen (secondary N) is 1. The molecule has 0 bridgehead atoms. The molecule has 1 N–H and O–H groups in total. The van der Waals surface area contributed by atoms with Crippen LogP contribution in [0.4, 0.5) is 0 Å². The molecule has 1 saturated heterocycles. The Hall–Kier alpha value is -1.96. The van der Waals surface area contributed by atoms with Crippen molar-refractivity contribution in [3.8, 4) is 0 Å². The lowest BCUT2D eigenvalue weighted by Crippen LogP contribution is -2.49. The van der Waals surface area contributed by atoms with Gasteiger partial charge in [-0.05, 0) is 49.2 Å². The van der Waals surface area contributed by atoms with E-state index in [1.165, 1.54) is 16.4 Å². The topological polar surface area (TPSA) is 79.4 Å². The van der Waals surface area contributed by atoms with Crippen LogP contribution in [0.15, 0.2) is 53.7 Å². The Morgan fingerprint density at radius 2 is 1.85 bits per heavy atom. The summed E-state index contributed by atoms with van der Waals surface area (Å²) in [5, 5.41) is 3.33. The summed E-state index contributed by atoms with van der Waals surface area (Å²) in [5.41, 5.74) is 0.503. The van der Waals surface area contributed by atoms with E-state index in [0.717, 1.165) is 12.8 Å². The van der Waals surface area contributed by atoms with E-state index in [-0.39, 0.29) is 23.4 Å². The number of hydrogen-bond acceptors (Lipinski definition) is 4. The minimum absolute atomic E-state index is 0.217. The molecule has 26 heavy (non-hydrogen) atoms. The van der Waals surface area contributed by atoms with Gasteiger partial charge in [0.1, 0.15) is 0 Å². The number of carbonyl (C=O) groups excluding carboxylic acids is 1. The Kier molecular flexibility index (Phi) is 5.90. The van der Waals surface area contributed by atoms with Crippen molar-refractivity contribution in [1.82, 2.24) is 14.6 Å². The van der Waals surface area contributed by atoms with E-state index in [1.807, 2.05) is 0 Å². The predicted molar refractivity (Wildman–Crippen MR) is 99.6 cm³/mol. The molecule has 2 aromatic rings. The number of piperidine rings is 1. The predicted octanol–water partition coefficient (Wildman–Crippen LogP) is 2.71. The van der Waals surface area contributed by atoms with E-state index in [9.17, 15) is 13.2 Å². The van der Waals surface area contributed by atoms with E-state index >= 15 is 0 Å². The zero-order chi connectivity index (χ0) is 18.6. The molecular formula is C18H20ClN3O3S. The van der Waals surface area contributed by atoms with Crippen LogP contribution in [-0.4, -0.2) is 42.7 Å². The van der Waals surface area contributed by atoms with Gasteiger partial charge in [-0.25, -0.2) is 8.42 Å². The van der Waals surface area contributed by atoms with Gasteiger partial charge in [-0.1, -0.05) is 18.0 Å². The van der Waals surface area contributed by atoms with Gasteiger partial charge in [-0.2, -0.15) is 4.31 Å². The van der Waals surface area contributed by atoms with Crippen LogP contribution in [-0.2, 0) is 10.0 Å². The molecule has 1 aromatic carbocycles. The minimum atomic E-state index is -3.63. The SMILES string of the molecule is O=C(NC[C@H]1CCCCN1S(=O)(=O)c1ccc(Cl)cc1)c1ccncc1. The molecule has 0 spiro atoms. The number of sulfonamides is 1. The summed E-state index contributed by atoms with van der Waals surface area (Å²) < 4.78 is 27.5. The van der Waals surface area contributed by atoms with E-state index in [4.69, 9.17) is 11.6 Å². The number of rotatable bonds is 5. The molecule has 2 heterocycles. The smallest absolute Gasteiger partial charge is 0.251 e.